The Bertz CT molecular complexity index is 1090. The highest BCUT2D eigenvalue weighted by atomic mass is 35.5. The summed E-state index contributed by atoms with van der Waals surface area (Å²) in [7, 11) is 0. The van der Waals surface area contributed by atoms with E-state index >= 15 is 0 Å². The first-order chi connectivity index (χ1) is 16.0. The molecule has 0 fully saturated rings. The summed E-state index contributed by atoms with van der Waals surface area (Å²) in [4.78, 5) is 17.5. The maximum Gasteiger partial charge on any atom is 0.246 e. The van der Waals surface area contributed by atoms with E-state index in [9.17, 15) is 4.79 Å². The Kier molecular flexibility index (Phi) is 9.80. The fraction of sp³-hybridized carbons (Fsp3) is 0.321. The van der Waals surface area contributed by atoms with Crippen molar-refractivity contribution in [3.8, 4) is 0 Å². The van der Waals surface area contributed by atoms with Crippen LogP contribution in [0.3, 0.4) is 0 Å². The van der Waals surface area contributed by atoms with Gasteiger partial charge in [0.2, 0.25) is 5.91 Å². The largest absolute Gasteiger partial charge is 0.335 e. The van der Waals surface area contributed by atoms with Crippen molar-refractivity contribution in [3.05, 3.63) is 87.9 Å². The van der Waals surface area contributed by atoms with E-state index in [0.29, 0.717) is 23.1 Å². The Labute approximate surface area is 207 Å². The van der Waals surface area contributed by atoms with Crippen LogP contribution >= 0.6 is 23.2 Å². The van der Waals surface area contributed by atoms with Crippen molar-refractivity contribution < 1.29 is 4.79 Å². The predicted octanol–water partition coefficient (Wildman–Crippen LogP) is 7.31. The van der Waals surface area contributed by atoms with E-state index in [4.69, 9.17) is 23.2 Å². The summed E-state index contributed by atoms with van der Waals surface area (Å²) in [6, 6.07) is 19.9. The van der Waals surface area contributed by atoms with E-state index < -0.39 is 0 Å². The highest BCUT2D eigenvalue weighted by Crippen LogP contribution is 2.22. The zero-order valence-corrected chi connectivity index (χ0v) is 20.9. The molecule has 5 heteroatoms. The third-order valence-corrected chi connectivity index (χ3v) is 6.49. The number of carbonyl (C=O) groups excluding carboxylic acids is 1. The smallest absolute Gasteiger partial charge is 0.246 e. The number of fused-ring (bicyclic) bond motifs is 1. The molecule has 3 aromatic carbocycles. The molecular formula is C28H32Cl2N2O. The predicted molar refractivity (Wildman–Crippen MR) is 142 cm³/mol. The third kappa shape index (κ3) is 7.60. The van der Waals surface area contributed by atoms with E-state index in [1.807, 2.05) is 17.0 Å². The highest BCUT2D eigenvalue weighted by Gasteiger charge is 2.12. The average molecular weight is 483 g/mol. The SMILES string of the molecule is CCN(CC)CCCCN(Cc1ccc2ccccc2c1)C(=O)/C=C/c1cc(Cl)ccc1Cl. The molecule has 3 nitrogen and oxygen atoms in total. The van der Waals surface area contributed by atoms with Gasteiger partial charge in [0.15, 0.2) is 0 Å². The summed E-state index contributed by atoms with van der Waals surface area (Å²) in [6.45, 7) is 8.82. The number of benzene rings is 3. The quantitative estimate of drug-likeness (QED) is 0.211. The van der Waals surface area contributed by atoms with Crippen molar-refractivity contribution in [2.24, 2.45) is 0 Å². The molecule has 0 saturated heterocycles. The van der Waals surface area contributed by atoms with Gasteiger partial charge < -0.3 is 9.80 Å². The Hall–Kier alpha value is -2.33. The molecule has 0 atom stereocenters. The fourth-order valence-corrected chi connectivity index (χ4v) is 4.27. The van der Waals surface area contributed by atoms with Gasteiger partial charge in [-0.25, -0.2) is 0 Å². The first-order valence-electron chi connectivity index (χ1n) is 11.6. The van der Waals surface area contributed by atoms with Crippen LogP contribution in [0.1, 0.15) is 37.8 Å². The normalized spacial score (nSPS) is 11.5. The molecule has 0 aliphatic heterocycles. The second kappa shape index (κ2) is 12.8. The van der Waals surface area contributed by atoms with Crippen molar-refractivity contribution in [1.29, 1.82) is 0 Å². The summed E-state index contributed by atoms with van der Waals surface area (Å²) < 4.78 is 0. The van der Waals surface area contributed by atoms with Crippen LogP contribution in [0, 0.1) is 0 Å². The van der Waals surface area contributed by atoms with Gasteiger partial charge in [0.05, 0.1) is 0 Å². The van der Waals surface area contributed by atoms with Crippen LogP contribution in [0.2, 0.25) is 10.0 Å². The van der Waals surface area contributed by atoms with E-state index in [1.54, 1.807) is 30.4 Å². The molecule has 0 aliphatic rings. The zero-order chi connectivity index (χ0) is 23.6. The van der Waals surface area contributed by atoms with Crippen molar-refractivity contribution in [1.82, 2.24) is 9.80 Å². The zero-order valence-electron chi connectivity index (χ0n) is 19.4. The van der Waals surface area contributed by atoms with Crippen LogP contribution in [0.15, 0.2) is 66.7 Å². The van der Waals surface area contributed by atoms with E-state index in [1.165, 1.54) is 10.8 Å². The number of carbonyl (C=O) groups is 1. The topological polar surface area (TPSA) is 23.6 Å². The highest BCUT2D eigenvalue weighted by molar-refractivity contribution is 6.34. The number of halogens is 2. The molecule has 0 N–H and O–H groups in total. The second-order valence-corrected chi connectivity index (χ2v) is 9.02. The van der Waals surface area contributed by atoms with Gasteiger partial charge in [-0.3, -0.25) is 4.79 Å². The van der Waals surface area contributed by atoms with Gasteiger partial charge in [-0.1, -0.05) is 73.4 Å². The van der Waals surface area contributed by atoms with Gasteiger partial charge in [0.1, 0.15) is 0 Å². The maximum atomic E-state index is 13.2. The van der Waals surface area contributed by atoms with Crippen LogP contribution in [-0.2, 0) is 11.3 Å². The molecule has 0 saturated carbocycles. The Balaban J connectivity index is 1.73. The molecule has 0 heterocycles. The van der Waals surface area contributed by atoms with Gasteiger partial charge in [0.25, 0.3) is 0 Å². The van der Waals surface area contributed by atoms with Crippen molar-refractivity contribution in [2.75, 3.05) is 26.2 Å². The minimum absolute atomic E-state index is 0.0259. The summed E-state index contributed by atoms with van der Waals surface area (Å²) in [5.41, 5.74) is 1.87. The molecule has 0 bridgehead atoms. The van der Waals surface area contributed by atoms with Crippen LogP contribution < -0.4 is 0 Å². The standard InChI is InChI=1S/C28H32Cl2N2O/c1-3-31(4-2)17-7-8-18-32(21-22-11-12-23-9-5-6-10-24(23)19-22)28(33)16-13-25-20-26(29)14-15-27(25)30/h5-6,9-16,19-20H,3-4,7-8,17-18,21H2,1-2H3/b16-13+. The van der Waals surface area contributed by atoms with Crippen molar-refractivity contribution in [3.63, 3.8) is 0 Å². The number of hydrogen-bond donors (Lipinski definition) is 0. The minimum atomic E-state index is -0.0259. The Morgan fingerprint density at radius 3 is 2.36 bits per heavy atom. The van der Waals surface area contributed by atoms with Gasteiger partial charge in [-0.05, 0) is 84.7 Å². The van der Waals surface area contributed by atoms with Gasteiger partial charge in [0, 0.05) is 29.2 Å². The molecule has 0 aromatic heterocycles. The molecular weight excluding hydrogens is 451 g/mol. The van der Waals surface area contributed by atoms with Crippen LogP contribution in [-0.4, -0.2) is 41.9 Å². The maximum absolute atomic E-state index is 13.2. The van der Waals surface area contributed by atoms with Crippen molar-refractivity contribution in [2.45, 2.75) is 33.2 Å². The summed E-state index contributed by atoms with van der Waals surface area (Å²) >= 11 is 12.4. The van der Waals surface area contributed by atoms with Crippen LogP contribution in [0.5, 0.6) is 0 Å². The Morgan fingerprint density at radius 1 is 0.879 bits per heavy atom. The number of rotatable bonds is 11. The molecule has 0 aliphatic carbocycles. The number of nitrogens with zero attached hydrogens (tertiary/aromatic N) is 2. The van der Waals surface area contributed by atoms with Crippen LogP contribution in [0.25, 0.3) is 16.8 Å². The average Bonchev–Trinajstić information content (AvgIpc) is 2.83. The lowest BCUT2D eigenvalue weighted by molar-refractivity contribution is -0.126. The van der Waals surface area contributed by atoms with Gasteiger partial charge in [-0.15, -0.1) is 0 Å². The number of unbranched alkanes of at least 4 members (excludes halogenated alkanes) is 1. The monoisotopic (exact) mass is 482 g/mol. The molecule has 174 valence electrons. The molecule has 0 spiro atoms. The summed E-state index contributed by atoms with van der Waals surface area (Å²) in [5.74, 6) is -0.0259. The number of amides is 1. The van der Waals surface area contributed by atoms with E-state index in [0.717, 1.165) is 43.6 Å². The first-order valence-corrected chi connectivity index (χ1v) is 12.4. The lowest BCUT2D eigenvalue weighted by atomic mass is 10.1. The fourth-order valence-electron chi connectivity index (χ4n) is 3.91. The molecule has 0 unspecified atom stereocenters. The first kappa shape index (κ1) is 25.3. The molecule has 33 heavy (non-hydrogen) atoms. The third-order valence-electron chi connectivity index (χ3n) is 5.91. The molecule has 0 radical (unpaired) electrons. The number of hydrogen-bond acceptors (Lipinski definition) is 2. The summed E-state index contributed by atoms with van der Waals surface area (Å²) in [5, 5.41) is 3.55. The molecule has 1 amide bonds. The van der Waals surface area contributed by atoms with Crippen LogP contribution in [0.4, 0.5) is 0 Å². The molecule has 3 rings (SSSR count). The van der Waals surface area contributed by atoms with Crippen molar-refractivity contribution >= 4 is 46.0 Å². The Morgan fingerprint density at radius 2 is 1.61 bits per heavy atom. The summed E-state index contributed by atoms with van der Waals surface area (Å²) in [6.07, 6.45) is 5.37. The van der Waals surface area contributed by atoms with Gasteiger partial charge >= 0.3 is 0 Å². The van der Waals surface area contributed by atoms with Gasteiger partial charge in [-0.2, -0.15) is 0 Å². The lowest BCUT2D eigenvalue weighted by Crippen LogP contribution is -2.31. The van der Waals surface area contributed by atoms with E-state index in [2.05, 4.69) is 49.1 Å². The second-order valence-electron chi connectivity index (χ2n) is 8.17. The lowest BCUT2D eigenvalue weighted by Gasteiger charge is -2.23. The minimum Gasteiger partial charge on any atom is -0.335 e. The van der Waals surface area contributed by atoms with E-state index in [-0.39, 0.29) is 5.91 Å². The molecule has 3 aromatic rings.